The summed E-state index contributed by atoms with van der Waals surface area (Å²) in [7, 11) is 0. The molecule has 0 fully saturated rings. The third kappa shape index (κ3) is 4.45. The van der Waals surface area contributed by atoms with E-state index in [4.69, 9.17) is 0 Å². The summed E-state index contributed by atoms with van der Waals surface area (Å²) >= 11 is 0. The van der Waals surface area contributed by atoms with Crippen molar-refractivity contribution in [1.29, 1.82) is 0 Å². The summed E-state index contributed by atoms with van der Waals surface area (Å²) in [5, 5.41) is 2.21. The SMILES string of the molecule is Cc1cccc2c3ccccc3n(-c3cccc4c3C(=O)N(c3c(-c5ccccc5)cc(-c5ccccc5)cc3-c3ccccc3)C4=O)c12. The number of amides is 2. The second-order valence-corrected chi connectivity index (χ2v) is 12.5. The van der Waals surface area contributed by atoms with Gasteiger partial charge in [-0.3, -0.25) is 9.59 Å². The lowest BCUT2D eigenvalue weighted by Gasteiger charge is -2.24. The topological polar surface area (TPSA) is 42.3 Å². The third-order valence-electron chi connectivity index (χ3n) is 9.64. The largest absolute Gasteiger partial charge is 0.308 e. The fraction of sp³-hybridized carbons (Fsp3) is 0.0222. The van der Waals surface area contributed by atoms with E-state index in [0.29, 0.717) is 22.5 Å². The number of nitrogens with zero attached hydrogens (tertiary/aromatic N) is 2. The van der Waals surface area contributed by atoms with Crippen LogP contribution in [0, 0.1) is 6.92 Å². The second-order valence-electron chi connectivity index (χ2n) is 12.5. The Morgan fingerprint density at radius 2 is 1.00 bits per heavy atom. The maximum absolute atomic E-state index is 15.1. The molecule has 7 aromatic carbocycles. The predicted molar refractivity (Wildman–Crippen MR) is 199 cm³/mol. The molecule has 0 atom stereocenters. The van der Waals surface area contributed by atoms with Crippen LogP contribution in [-0.4, -0.2) is 16.4 Å². The highest BCUT2D eigenvalue weighted by Gasteiger charge is 2.41. The molecular weight excluding hydrogens is 601 g/mol. The number of hydrogen-bond acceptors (Lipinski definition) is 2. The number of para-hydroxylation sites is 2. The summed E-state index contributed by atoms with van der Waals surface area (Å²) in [4.78, 5) is 31.2. The Bertz CT molecular complexity index is 2530. The van der Waals surface area contributed by atoms with Crippen LogP contribution in [0.2, 0.25) is 0 Å². The molecule has 8 aromatic rings. The molecule has 0 bridgehead atoms. The minimum absolute atomic E-state index is 0.332. The molecule has 1 aliphatic heterocycles. The van der Waals surface area contributed by atoms with Crippen molar-refractivity contribution in [2.45, 2.75) is 6.92 Å². The van der Waals surface area contributed by atoms with E-state index >= 15 is 4.79 Å². The lowest BCUT2D eigenvalue weighted by atomic mass is 9.90. The number of anilines is 1. The molecule has 232 valence electrons. The molecule has 0 unspecified atom stereocenters. The third-order valence-corrected chi connectivity index (χ3v) is 9.64. The predicted octanol–water partition coefficient (Wildman–Crippen LogP) is 10.9. The van der Waals surface area contributed by atoms with Gasteiger partial charge >= 0.3 is 0 Å². The van der Waals surface area contributed by atoms with Gasteiger partial charge in [-0.25, -0.2) is 4.90 Å². The standard InChI is InChI=1S/C45H30N2O2/c1-29-15-13-23-35-34-22-11-12-25-39(34)46(42(29)35)40-26-14-24-36-41(40)45(49)47(44(36)48)43-37(31-18-7-3-8-19-31)27-33(30-16-5-2-6-17-30)28-38(43)32-20-9-4-10-21-32/h2-28H,1H3. The average molecular weight is 631 g/mol. The van der Waals surface area contributed by atoms with Crippen LogP contribution in [0.4, 0.5) is 5.69 Å². The minimum Gasteiger partial charge on any atom is -0.308 e. The molecular formula is C45H30N2O2. The van der Waals surface area contributed by atoms with E-state index in [-0.39, 0.29) is 11.8 Å². The number of fused-ring (bicyclic) bond motifs is 4. The molecule has 2 amide bonds. The van der Waals surface area contributed by atoms with Gasteiger partial charge in [0.1, 0.15) is 0 Å². The van der Waals surface area contributed by atoms with Crippen LogP contribution >= 0.6 is 0 Å². The molecule has 0 saturated carbocycles. The molecule has 49 heavy (non-hydrogen) atoms. The molecule has 9 rings (SSSR count). The van der Waals surface area contributed by atoms with Crippen molar-refractivity contribution in [3.8, 4) is 39.1 Å². The molecule has 1 aromatic heterocycles. The van der Waals surface area contributed by atoms with E-state index in [0.717, 1.165) is 60.8 Å². The van der Waals surface area contributed by atoms with Gasteiger partial charge in [-0.05, 0) is 65.1 Å². The first-order valence-corrected chi connectivity index (χ1v) is 16.5. The molecule has 0 saturated heterocycles. The van der Waals surface area contributed by atoms with Crippen molar-refractivity contribution in [1.82, 2.24) is 4.57 Å². The number of rotatable bonds is 5. The first kappa shape index (κ1) is 28.7. The molecule has 4 heteroatoms. The zero-order valence-electron chi connectivity index (χ0n) is 26.8. The Hall–Kier alpha value is -6.52. The highest BCUT2D eigenvalue weighted by Crippen LogP contribution is 2.47. The first-order chi connectivity index (χ1) is 24.1. The first-order valence-electron chi connectivity index (χ1n) is 16.5. The summed E-state index contributed by atoms with van der Waals surface area (Å²) < 4.78 is 2.15. The maximum atomic E-state index is 15.1. The van der Waals surface area contributed by atoms with Gasteiger partial charge < -0.3 is 4.57 Å². The number of aryl methyl sites for hydroxylation is 1. The number of aromatic nitrogens is 1. The van der Waals surface area contributed by atoms with Crippen LogP contribution in [0.25, 0.3) is 60.9 Å². The summed E-state index contributed by atoms with van der Waals surface area (Å²) in [5.74, 6) is -0.668. The number of carbonyl (C=O) groups excluding carboxylic acids is 2. The number of benzene rings is 7. The summed E-state index contributed by atoms with van der Waals surface area (Å²) in [6, 6.07) is 54.6. The molecule has 0 N–H and O–H groups in total. The van der Waals surface area contributed by atoms with E-state index < -0.39 is 0 Å². The Kier molecular flexibility index (Phi) is 6.63. The monoisotopic (exact) mass is 630 g/mol. The van der Waals surface area contributed by atoms with Gasteiger partial charge in [-0.2, -0.15) is 0 Å². The fourth-order valence-corrected chi connectivity index (χ4v) is 7.45. The Morgan fingerprint density at radius 3 is 1.65 bits per heavy atom. The van der Waals surface area contributed by atoms with E-state index in [1.54, 1.807) is 6.07 Å². The van der Waals surface area contributed by atoms with E-state index in [2.05, 4.69) is 66.1 Å². The van der Waals surface area contributed by atoms with Crippen molar-refractivity contribution >= 4 is 39.3 Å². The Labute approximate surface area is 284 Å². The van der Waals surface area contributed by atoms with Gasteiger partial charge in [-0.15, -0.1) is 0 Å². The van der Waals surface area contributed by atoms with E-state index in [1.807, 2.05) is 103 Å². The maximum Gasteiger partial charge on any atom is 0.268 e. The Morgan fingerprint density at radius 1 is 0.449 bits per heavy atom. The lowest BCUT2D eigenvalue weighted by molar-refractivity contribution is 0.0926. The van der Waals surface area contributed by atoms with Gasteiger partial charge in [0.15, 0.2) is 0 Å². The quantitative estimate of drug-likeness (QED) is 0.178. The molecule has 0 radical (unpaired) electrons. The number of imide groups is 1. The molecule has 0 aliphatic carbocycles. The molecule has 2 heterocycles. The van der Waals surface area contributed by atoms with Crippen molar-refractivity contribution < 1.29 is 9.59 Å². The smallest absolute Gasteiger partial charge is 0.268 e. The van der Waals surface area contributed by atoms with Gasteiger partial charge in [0.2, 0.25) is 0 Å². The van der Waals surface area contributed by atoms with Gasteiger partial charge in [0, 0.05) is 21.9 Å². The van der Waals surface area contributed by atoms with Gasteiger partial charge in [0.05, 0.1) is 33.5 Å². The number of hydrogen-bond donors (Lipinski definition) is 0. The normalized spacial score (nSPS) is 12.6. The highest BCUT2D eigenvalue weighted by molar-refractivity contribution is 6.37. The van der Waals surface area contributed by atoms with E-state index in [9.17, 15) is 4.79 Å². The fourth-order valence-electron chi connectivity index (χ4n) is 7.45. The van der Waals surface area contributed by atoms with Gasteiger partial charge in [-0.1, -0.05) is 133 Å². The average Bonchev–Trinajstić information content (AvgIpc) is 3.63. The lowest BCUT2D eigenvalue weighted by Crippen LogP contribution is -2.30. The highest BCUT2D eigenvalue weighted by atomic mass is 16.2. The van der Waals surface area contributed by atoms with Crippen molar-refractivity contribution in [3.05, 3.63) is 180 Å². The summed E-state index contributed by atoms with van der Waals surface area (Å²) in [5.41, 5.74) is 10.7. The summed E-state index contributed by atoms with van der Waals surface area (Å²) in [6.45, 7) is 2.09. The van der Waals surface area contributed by atoms with Crippen LogP contribution in [-0.2, 0) is 0 Å². The zero-order chi connectivity index (χ0) is 33.1. The van der Waals surface area contributed by atoms with Crippen LogP contribution in [0.1, 0.15) is 26.3 Å². The Balaban J connectivity index is 1.33. The zero-order valence-corrected chi connectivity index (χ0v) is 26.8. The van der Waals surface area contributed by atoms with Gasteiger partial charge in [0.25, 0.3) is 11.8 Å². The molecule has 4 nitrogen and oxygen atoms in total. The van der Waals surface area contributed by atoms with Crippen molar-refractivity contribution in [2.24, 2.45) is 0 Å². The van der Waals surface area contributed by atoms with Crippen LogP contribution in [0.3, 0.4) is 0 Å². The molecule has 0 spiro atoms. The van der Waals surface area contributed by atoms with Crippen LogP contribution in [0.15, 0.2) is 164 Å². The van der Waals surface area contributed by atoms with Crippen molar-refractivity contribution in [3.63, 3.8) is 0 Å². The molecule has 1 aliphatic rings. The second kappa shape index (κ2) is 11.3. The van der Waals surface area contributed by atoms with E-state index in [1.165, 1.54) is 4.90 Å². The van der Waals surface area contributed by atoms with Crippen LogP contribution < -0.4 is 4.90 Å². The minimum atomic E-state index is -0.336. The van der Waals surface area contributed by atoms with Crippen molar-refractivity contribution in [2.75, 3.05) is 4.90 Å². The number of carbonyl (C=O) groups is 2. The summed E-state index contributed by atoms with van der Waals surface area (Å²) in [6.07, 6.45) is 0. The van der Waals surface area contributed by atoms with Crippen LogP contribution in [0.5, 0.6) is 0 Å².